The molecule has 0 saturated heterocycles. The molecule has 2 amide bonds. The van der Waals surface area contributed by atoms with Crippen molar-refractivity contribution in [2.45, 2.75) is 40.0 Å². The van der Waals surface area contributed by atoms with Gasteiger partial charge in [-0.15, -0.1) is 22.7 Å². The van der Waals surface area contributed by atoms with Crippen molar-refractivity contribution in [2.24, 2.45) is 11.3 Å². The van der Waals surface area contributed by atoms with Crippen molar-refractivity contribution in [3.05, 3.63) is 80.9 Å². The molecule has 0 aliphatic heterocycles. The van der Waals surface area contributed by atoms with Crippen molar-refractivity contribution in [3.8, 4) is 0 Å². The smallest absolute Gasteiger partial charge is 0.266 e. The average Bonchev–Trinajstić information content (AvgIpc) is 3.46. The van der Waals surface area contributed by atoms with Crippen molar-refractivity contribution < 1.29 is 9.59 Å². The fourth-order valence-corrected chi connectivity index (χ4v) is 6.68. The summed E-state index contributed by atoms with van der Waals surface area (Å²) in [5, 5.41) is 10.8. The van der Waals surface area contributed by atoms with Crippen molar-refractivity contribution >= 4 is 55.9 Å². The van der Waals surface area contributed by atoms with E-state index in [2.05, 4.69) is 31.4 Å². The number of hydrogen-bond donors (Lipinski definition) is 2. The molecule has 5 rings (SSSR count). The molecule has 1 atom stereocenters. The predicted octanol–water partition coefficient (Wildman–Crippen LogP) is 7.62. The summed E-state index contributed by atoms with van der Waals surface area (Å²) < 4.78 is 0. The van der Waals surface area contributed by atoms with Crippen LogP contribution in [0.3, 0.4) is 0 Å². The van der Waals surface area contributed by atoms with Crippen LogP contribution in [-0.4, -0.2) is 11.8 Å². The van der Waals surface area contributed by atoms with E-state index < -0.39 is 0 Å². The fraction of sp³-hybridized carbons (Fsp3) is 0.286. The second-order valence-corrected chi connectivity index (χ2v) is 12.0. The third-order valence-corrected chi connectivity index (χ3v) is 8.77. The highest BCUT2D eigenvalue weighted by Gasteiger charge is 2.34. The zero-order valence-electron chi connectivity index (χ0n) is 19.6. The molecule has 1 aliphatic rings. The second kappa shape index (κ2) is 9.01. The standard InChI is InChI=1S/C28H28N2O2S2/c1-28(2,3)18-13-14-20-23(16-18)34-27(30-25(31)22-12-7-15-33-22)24(20)26(32)29-21-11-6-9-17-8-4-5-10-19(17)21/h4-12,15,18H,13-14,16H2,1-3H3,(H,29,32)(H,30,31). The van der Waals surface area contributed by atoms with Crippen LogP contribution in [0.1, 0.15) is 57.7 Å². The zero-order chi connectivity index (χ0) is 23.9. The fourth-order valence-electron chi connectivity index (χ4n) is 4.75. The Morgan fingerprint density at radius 1 is 0.941 bits per heavy atom. The number of anilines is 2. The molecule has 2 N–H and O–H groups in total. The molecule has 174 valence electrons. The van der Waals surface area contributed by atoms with Gasteiger partial charge in [0, 0.05) is 16.0 Å². The number of fused-ring (bicyclic) bond motifs is 2. The number of carbonyl (C=O) groups excluding carboxylic acids is 2. The summed E-state index contributed by atoms with van der Waals surface area (Å²) in [5.41, 5.74) is 2.69. The molecule has 6 heteroatoms. The molecule has 4 aromatic rings. The van der Waals surface area contributed by atoms with Gasteiger partial charge in [-0.2, -0.15) is 0 Å². The summed E-state index contributed by atoms with van der Waals surface area (Å²) in [7, 11) is 0. The molecule has 1 unspecified atom stereocenters. The van der Waals surface area contributed by atoms with Gasteiger partial charge in [-0.3, -0.25) is 9.59 Å². The molecule has 1 aliphatic carbocycles. The van der Waals surface area contributed by atoms with E-state index in [4.69, 9.17) is 0 Å². The minimum atomic E-state index is -0.167. The van der Waals surface area contributed by atoms with E-state index in [1.807, 2.05) is 53.9 Å². The van der Waals surface area contributed by atoms with E-state index in [1.54, 1.807) is 17.4 Å². The molecule has 0 bridgehead atoms. The first-order valence-electron chi connectivity index (χ1n) is 11.6. The van der Waals surface area contributed by atoms with Gasteiger partial charge >= 0.3 is 0 Å². The van der Waals surface area contributed by atoms with E-state index in [1.165, 1.54) is 16.2 Å². The molecule has 2 aromatic carbocycles. The Morgan fingerprint density at radius 3 is 2.50 bits per heavy atom. The van der Waals surface area contributed by atoms with Crippen LogP contribution in [0.25, 0.3) is 10.8 Å². The molecule has 0 spiro atoms. The third-order valence-electron chi connectivity index (χ3n) is 6.73. The number of thiophene rings is 2. The normalized spacial score (nSPS) is 15.7. The van der Waals surface area contributed by atoms with Gasteiger partial charge in [-0.1, -0.05) is 63.2 Å². The molecule has 4 nitrogen and oxygen atoms in total. The number of rotatable bonds is 4. The third kappa shape index (κ3) is 4.40. The number of nitrogens with one attached hydrogen (secondary N) is 2. The monoisotopic (exact) mass is 488 g/mol. The van der Waals surface area contributed by atoms with Crippen LogP contribution in [0.15, 0.2) is 60.0 Å². The number of hydrogen-bond acceptors (Lipinski definition) is 4. The van der Waals surface area contributed by atoms with Gasteiger partial charge in [-0.25, -0.2) is 0 Å². The van der Waals surface area contributed by atoms with Crippen LogP contribution in [0.2, 0.25) is 0 Å². The van der Waals surface area contributed by atoms with E-state index in [9.17, 15) is 9.59 Å². The lowest BCUT2D eigenvalue weighted by atomic mass is 9.72. The molecule has 2 aromatic heterocycles. The minimum absolute atomic E-state index is 0.162. The van der Waals surface area contributed by atoms with Gasteiger partial charge in [0.25, 0.3) is 11.8 Å². The number of amides is 2. The van der Waals surface area contributed by atoms with Crippen molar-refractivity contribution in [1.29, 1.82) is 0 Å². The lowest BCUT2D eigenvalue weighted by molar-refractivity contribution is 0.102. The SMILES string of the molecule is CC(C)(C)C1CCc2c(sc(NC(=O)c3cccs3)c2C(=O)Nc2cccc3ccccc23)C1. The Kier molecular flexibility index (Phi) is 6.04. The summed E-state index contributed by atoms with van der Waals surface area (Å²) in [6.45, 7) is 6.84. The first kappa shape index (κ1) is 22.8. The topological polar surface area (TPSA) is 58.2 Å². The van der Waals surface area contributed by atoms with Gasteiger partial charge in [0.15, 0.2) is 0 Å². The van der Waals surface area contributed by atoms with Crippen molar-refractivity contribution in [2.75, 3.05) is 10.6 Å². The van der Waals surface area contributed by atoms with Crippen LogP contribution >= 0.6 is 22.7 Å². The first-order valence-corrected chi connectivity index (χ1v) is 13.3. The molecule has 34 heavy (non-hydrogen) atoms. The number of carbonyl (C=O) groups is 2. The maximum absolute atomic E-state index is 13.7. The molecular weight excluding hydrogens is 460 g/mol. The van der Waals surface area contributed by atoms with Gasteiger partial charge in [-0.05, 0) is 59.1 Å². The molecular formula is C28H28N2O2S2. The highest BCUT2D eigenvalue weighted by Crippen LogP contribution is 2.44. The van der Waals surface area contributed by atoms with Crippen molar-refractivity contribution in [1.82, 2.24) is 0 Å². The first-order chi connectivity index (χ1) is 16.3. The second-order valence-electron chi connectivity index (χ2n) is 9.93. The highest BCUT2D eigenvalue weighted by atomic mass is 32.1. The summed E-state index contributed by atoms with van der Waals surface area (Å²) in [6.07, 6.45) is 2.83. The highest BCUT2D eigenvalue weighted by molar-refractivity contribution is 7.17. The lowest BCUT2D eigenvalue weighted by Gasteiger charge is -2.33. The van der Waals surface area contributed by atoms with Gasteiger partial charge in [0.1, 0.15) is 5.00 Å². The van der Waals surface area contributed by atoms with Crippen molar-refractivity contribution in [3.63, 3.8) is 0 Å². The van der Waals surface area contributed by atoms with E-state index in [-0.39, 0.29) is 17.2 Å². The van der Waals surface area contributed by atoms with Crippen LogP contribution in [-0.2, 0) is 12.8 Å². The Hall–Kier alpha value is -2.96. The molecule has 0 radical (unpaired) electrons. The molecule has 0 saturated carbocycles. The van der Waals surface area contributed by atoms with Crippen LogP contribution in [0.5, 0.6) is 0 Å². The Morgan fingerprint density at radius 2 is 1.74 bits per heavy atom. The van der Waals surface area contributed by atoms with E-state index in [0.717, 1.165) is 41.3 Å². The Balaban J connectivity index is 1.52. The van der Waals surface area contributed by atoms with E-state index >= 15 is 0 Å². The van der Waals surface area contributed by atoms with E-state index in [0.29, 0.717) is 21.4 Å². The average molecular weight is 489 g/mol. The number of benzene rings is 2. The Labute approximate surface area is 208 Å². The zero-order valence-corrected chi connectivity index (χ0v) is 21.2. The largest absolute Gasteiger partial charge is 0.321 e. The van der Waals surface area contributed by atoms with Crippen LogP contribution < -0.4 is 10.6 Å². The van der Waals surface area contributed by atoms with Gasteiger partial charge in [0.2, 0.25) is 0 Å². The molecule has 0 fully saturated rings. The maximum atomic E-state index is 13.7. The van der Waals surface area contributed by atoms with Crippen LogP contribution in [0, 0.1) is 11.3 Å². The van der Waals surface area contributed by atoms with Gasteiger partial charge < -0.3 is 10.6 Å². The summed E-state index contributed by atoms with van der Waals surface area (Å²) in [4.78, 5) is 28.5. The predicted molar refractivity (Wildman–Crippen MR) is 143 cm³/mol. The minimum Gasteiger partial charge on any atom is -0.321 e. The summed E-state index contributed by atoms with van der Waals surface area (Å²) in [6, 6.07) is 17.6. The molecule has 2 heterocycles. The quantitative estimate of drug-likeness (QED) is 0.310. The lowest BCUT2D eigenvalue weighted by Crippen LogP contribution is -2.27. The van der Waals surface area contributed by atoms with Gasteiger partial charge in [0.05, 0.1) is 10.4 Å². The maximum Gasteiger partial charge on any atom is 0.266 e. The Bertz CT molecular complexity index is 1360. The summed E-state index contributed by atoms with van der Waals surface area (Å²) in [5.74, 6) is 0.221. The summed E-state index contributed by atoms with van der Waals surface area (Å²) >= 11 is 2.96. The van der Waals surface area contributed by atoms with Crippen LogP contribution in [0.4, 0.5) is 10.7 Å².